The number of aryl methyl sites for hydroxylation is 1. The van der Waals surface area contributed by atoms with Crippen molar-refractivity contribution in [2.24, 2.45) is 0 Å². The molecule has 0 aliphatic carbocycles. The van der Waals surface area contributed by atoms with Crippen molar-refractivity contribution >= 4 is 0 Å². The number of hydrogen-bond acceptors (Lipinski definition) is 2. The maximum Gasteiger partial charge on any atom is 0.0940 e. The van der Waals surface area contributed by atoms with Crippen LogP contribution in [0.4, 0.5) is 0 Å². The molecule has 0 heterocycles. The Bertz CT molecular complexity index is 510. The van der Waals surface area contributed by atoms with Crippen molar-refractivity contribution in [3.8, 4) is 0 Å². The van der Waals surface area contributed by atoms with Gasteiger partial charge in [0.2, 0.25) is 0 Å². The first-order chi connectivity index (χ1) is 9.18. The molecule has 2 rings (SSSR count). The van der Waals surface area contributed by atoms with Crippen LogP contribution in [0.5, 0.6) is 0 Å². The van der Waals surface area contributed by atoms with Gasteiger partial charge in [-0.05, 0) is 30.5 Å². The quantitative estimate of drug-likeness (QED) is 0.860. The van der Waals surface area contributed by atoms with Crippen LogP contribution in [0.1, 0.15) is 29.7 Å². The summed E-state index contributed by atoms with van der Waals surface area (Å²) >= 11 is 0. The lowest BCUT2D eigenvalue weighted by Crippen LogP contribution is -2.31. The molecule has 100 valence electrons. The third kappa shape index (κ3) is 3.66. The van der Waals surface area contributed by atoms with Crippen molar-refractivity contribution in [3.63, 3.8) is 0 Å². The number of aliphatic hydroxyl groups is 1. The van der Waals surface area contributed by atoms with Crippen molar-refractivity contribution in [1.29, 1.82) is 0 Å². The highest BCUT2D eigenvalue weighted by Gasteiger charge is 2.15. The molecule has 0 saturated heterocycles. The minimum absolute atomic E-state index is 0.0157. The van der Waals surface area contributed by atoms with Crippen LogP contribution in [0.2, 0.25) is 0 Å². The van der Waals surface area contributed by atoms with Gasteiger partial charge in [0, 0.05) is 12.6 Å². The van der Waals surface area contributed by atoms with Crippen molar-refractivity contribution in [2.45, 2.75) is 32.5 Å². The fourth-order valence-electron chi connectivity index (χ4n) is 2.13. The van der Waals surface area contributed by atoms with Gasteiger partial charge in [0.25, 0.3) is 0 Å². The third-order valence-corrected chi connectivity index (χ3v) is 3.49. The van der Waals surface area contributed by atoms with E-state index in [9.17, 15) is 5.11 Å². The summed E-state index contributed by atoms with van der Waals surface area (Å²) in [5, 5.41) is 13.7. The molecule has 0 spiro atoms. The molecule has 0 amide bonds. The highest BCUT2D eigenvalue weighted by molar-refractivity contribution is 5.25. The molecule has 0 radical (unpaired) electrons. The second-order valence-corrected chi connectivity index (χ2v) is 4.95. The predicted octanol–water partition coefficient (Wildman–Crippen LogP) is 3.21. The molecule has 2 aromatic rings. The van der Waals surface area contributed by atoms with E-state index in [4.69, 9.17) is 0 Å². The Kier molecular flexibility index (Phi) is 4.72. The van der Waals surface area contributed by atoms with Gasteiger partial charge in [-0.3, -0.25) is 0 Å². The zero-order valence-corrected chi connectivity index (χ0v) is 11.5. The molecular weight excluding hydrogens is 234 g/mol. The van der Waals surface area contributed by atoms with Gasteiger partial charge in [0.15, 0.2) is 0 Å². The zero-order valence-electron chi connectivity index (χ0n) is 11.5. The van der Waals surface area contributed by atoms with Crippen molar-refractivity contribution < 1.29 is 5.11 Å². The number of nitrogens with one attached hydrogen (secondary N) is 1. The number of hydrogen-bond donors (Lipinski definition) is 2. The Balaban J connectivity index is 1.95. The van der Waals surface area contributed by atoms with Gasteiger partial charge in [0.05, 0.1) is 6.10 Å². The highest BCUT2D eigenvalue weighted by atomic mass is 16.3. The number of benzene rings is 2. The Hall–Kier alpha value is -1.64. The molecule has 0 saturated carbocycles. The highest BCUT2D eigenvalue weighted by Crippen LogP contribution is 2.16. The van der Waals surface area contributed by atoms with E-state index in [-0.39, 0.29) is 6.04 Å². The van der Waals surface area contributed by atoms with Gasteiger partial charge in [0.1, 0.15) is 0 Å². The molecule has 0 aliphatic rings. The van der Waals surface area contributed by atoms with Crippen LogP contribution in [0.25, 0.3) is 0 Å². The maximum atomic E-state index is 10.3. The van der Waals surface area contributed by atoms with Gasteiger partial charge in [-0.25, -0.2) is 0 Å². The van der Waals surface area contributed by atoms with Crippen LogP contribution in [-0.2, 0) is 6.54 Å². The summed E-state index contributed by atoms with van der Waals surface area (Å²) in [4.78, 5) is 0. The van der Waals surface area contributed by atoms with Crippen LogP contribution in [0.15, 0.2) is 54.6 Å². The lowest BCUT2D eigenvalue weighted by Gasteiger charge is -2.21. The molecule has 19 heavy (non-hydrogen) atoms. The first-order valence-corrected chi connectivity index (χ1v) is 6.69. The molecular formula is C17H21NO. The molecule has 0 bridgehead atoms. The van der Waals surface area contributed by atoms with E-state index in [0.29, 0.717) is 0 Å². The van der Waals surface area contributed by atoms with Crippen LogP contribution in [0.3, 0.4) is 0 Å². The van der Waals surface area contributed by atoms with E-state index in [1.165, 1.54) is 11.1 Å². The van der Waals surface area contributed by atoms with E-state index >= 15 is 0 Å². The minimum Gasteiger partial charge on any atom is -0.387 e. The predicted molar refractivity (Wildman–Crippen MR) is 78.9 cm³/mol. The van der Waals surface area contributed by atoms with Gasteiger partial charge >= 0.3 is 0 Å². The second kappa shape index (κ2) is 6.50. The molecule has 2 atom stereocenters. The summed E-state index contributed by atoms with van der Waals surface area (Å²) in [5.41, 5.74) is 3.50. The summed E-state index contributed by atoms with van der Waals surface area (Å²) in [6, 6.07) is 18.1. The lowest BCUT2D eigenvalue weighted by molar-refractivity contribution is 0.135. The maximum absolute atomic E-state index is 10.3. The van der Waals surface area contributed by atoms with Crippen LogP contribution >= 0.6 is 0 Å². The SMILES string of the molecule is Cc1ccccc1CN[C@H](C)[C@@H](O)c1ccccc1. The van der Waals surface area contributed by atoms with Gasteiger partial charge in [-0.2, -0.15) is 0 Å². The molecule has 2 heteroatoms. The normalized spacial score (nSPS) is 14.1. The smallest absolute Gasteiger partial charge is 0.0940 e. The molecule has 0 aromatic heterocycles. The third-order valence-electron chi connectivity index (χ3n) is 3.49. The first-order valence-electron chi connectivity index (χ1n) is 6.69. The molecule has 2 N–H and O–H groups in total. The topological polar surface area (TPSA) is 32.3 Å². The minimum atomic E-state index is -0.481. The number of rotatable bonds is 5. The Morgan fingerprint density at radius 3 is 2.32 bits per heavy atom. The largest absolute Gasteiger partial charge is 0.387 e. The fourth-order valence-corrected chi connectivity index (χ4v) is 2.13. The van der Waals surface area contributed by atoms with E-state index in [2.05, 4.69) is 24.4 Å². The second-order valence-electron chi connectivity index (χ2n) is 4.95. The van der Waals surface area contributed by atoms with Gasteiger partial charge in [-0.1, -0.05) is 54.6 Å². The Labute approximate surface area is 115 Å². The first kappa shape index (κ1) is 13.8. The Morgan fingerprint density at radius 2 is 1.63 bits per heavy atom. The van der Waals surface area contributed by atoms with Crippen LogP contribution in [0, 0.1) is 6.92 Å². The summed E-state index contributed by atoms with van der Waals surface area (Å²) in [6.07, 6.45) is -0.481. The average Bonchev–Trinajstić information content (AvgIpc) is 2.46. The van der Waals surface area contributed by atoms with Crippen molar-refractivity contribution in [1.82, 2.24) is 5.32 Å². The van der Waals surface area contributed by atoms with Gasteiger partial charge < -0.3 is 10.4 Å². The number of aliphatic hydroxyl groups excluding tert-OH is 1. The Morgan fingerprint density at radius 1 is 1.00 bits per heavy atom. The average molecular weight is 255 g/mol. The molecule has 0 aliphatic heterocycles. The zero-order chi connectivity index (χ0) is 13.7. The van der Waals surface area contributed by atoms with Crippen molar-refractivity contribution in [2.75, 3.05) is 0 Å². The van der Waals surface area contributed by atoms with E-state index in [0.717, 1.165) is 12.1 Å². The summed E-state index contributed by atoms with van der Waals surface area (Å²) in [6.45, 7) is 4.89. The molecule has 2 nitrogen and oxygen atoms in total. The monoisotopic (exact) mass is 255 g/mol. The van der Waals surface area contributed by atoms with Crippen LogP contribution in [-0.4, -0.2) is 11.1 Å². The summed E-state index contributed by atoms with van der Waals surface area (Å²) < 4.78 is 0. The standard InChI is InChI=1S/C17H21NO/c1-13-8-6-7-11-16(13)12-18-14(2)17(19)15-9-4-3-5-10-15/h3-11,14,17-19H,12H2,1-2H3/t14-,17-/m1/s1. The summed E-state index contributed by atoms with van der Waals surface area (Å²) in [7, 11) is 0. The molecule has 2 aromatic carbocycles. The van der Waals surface area contributed by atoms with Crippen molar-refractivity contribution in [3.05, 3.63) is 71.3 Å². The fraction of sp³-hybridized carbons (Fsp3) is 0.294. The lowest BCUT2D eigenvalue weighted by atomic mass is 10.0. The van der Waals surface area contributed by atoms with Crippen LogP contribution < -0.4 is 5.32 Å². The van der Waals surface area contributed by atoms with Gasteiger partial charge in [-0.15, -0.1) is 0 Å². The van der Waals surface area contributed by atoms with E-state index in [1.54, 1.807) is 0 Å². The summed E-state index contributed by atoms with van der Waals surface area (Å²) in [5.74, 6) is 0. The van der Waals surface area contributed by atoms with E-state index in [1.807, 2.05) is 49.4 Å². The van der Waals surface area contributed by atoms with E-state index < -0.39 is 6.10 Å². The molecule has 0 fully saturated rings. The molecule has 0 unspecified atom stereocenters.